The van der Waals surface area contributed by atoms with Crippen molar-refractivity contribution in [3.8, 4) is 5.75 Å². The number of nitrogens with zero attached hydrogens (tertiary/aromatic N) is 2. The van der Waals surface area contributed by atoms with Gasteiger partial charge in [-0.15, -0.1) is 0 Å². The van der Waals surface area contributed by atoms with Gasteiger partial charge in [0.15, 0.2) is 0 Å². The molecule has 0 spiro atoms. The first-order valence-corrected chi connectivity index (χ1v) is 8.49. The lowest BCUT2D eigenvalue weighted by molar-refractivity contribution is -0.384. The number of nitro benzene ring substituents is 1. The molecule has 2 aromatic rings. The van der Waals surface area contributed by atoms with Gasteiger partial charge >= 0.3 is 0 Å². The molecule has 3 rings (SSSR count). The molecule has 132 valence electrons. The Morgan fingerprint density at radius 2 is 2.12 bits per heavy atom. The molecule has 1 atom stereocenters. The van der Waals surface area contributed by atoms with Crippen LogP contribution in [0.5, 0.6) is 5.75 Å². The maximum absolute atomic E-state index is 10.8. The van der Waals surface area contributed by atoms with Crippen LogP contribution in [0.15, 0.2) is 48.5 Å². The SMILES string of the molecule is COc1cccc(N2CCC(CNCc3cccc([N+](=O)[O-])c3)C2)c1. The van der Waals surface area contributed by atoms with Crippen LogP contribution >= 0.6 is 0 Å². The number of ether oxygens (including phenoxy) is 1. The minimum atomic E-state index is -0.355. The van der Waals surface area contributed by atoms with Gasteiger partial charge in [0.05, 0.1) is 12.0 Å². The van der Waals surface area contributed by atoms with Crippen molar-refractivity contribution in [2.24, 2.45) is 5.92 Å². The number of nitrogens with one attached hydrogen (secondary N) is 1. The lowest BCUT2D eigenvalue weighted by atomic mass is 10.1. The first kappa shape index (κ1) is 17.2. The molecule has 25 heavy (non-hydrogen) atoms. The zero-order valence-corrected chi connectivity index (χ0v) is 14.4. The molecule has 1 saturated heterocycles. The van der Waals surface area contributed by atoms with Gasteiger partial charge < -0.3 is 15.0 Å². The normalized spacial score (nSPS) is 16.8. The van der Waals surface area contributed by atoms with Crippen molar-refractivity contribution >= 4 is 11.4 Å². The van der Waals surface area contributed by atoms with Crippen molar-refractivity contribution in [2.75, 3.05) is 31.6 Å². The first-order chi connectivity index (χ1) is 12.2. The summed E-state index contributed by atoms with van der Waals surface area (Å²) in [7, 11) is 1.68. The molecule has 1 aliphatic rings. The van der Waals surface area contributed by atoms with E-state index in [1.165, 1.54) is 11.8 Å². The average molecular weight is 341 g/mol. The Morgan fingerprint density at radius 1 is 1.28 bits per heavy atom. The van der Waals surface area contributed by atoms with Crippen LogP contribution in [0.3, 0.4) is 0 Å². The number of hydrogen-bond acceptors (Lipinski definition) is 5. The molecule has 0 radical (unpaired) electrons. The average Bonchev–Trinajstić information content (AvgIpc) is 3.11. The molecule has 1 aliphatic heterocycles. The Labute approximate surface area is 147 Å². The van der Waals surface area contributed by atoms with Crippen LogP contribution in [0.25, 0.3) is 0 Å². The zero-order chi connectivity index (χ0) is 17.6. The third-order valence-electron chi connectivity index (χ3n) is 4.59. The number of hydrogen-bond donors (Lipinski definition) is 1. The second-order valence-corrected chi connectivity index (χ2v) is 6.36. The van der Waals surface area contributed by atoms with Crippen molar-refractivity contribution in [3.63, 3.8) is 0 Å². The lowest BCUT2D eigenvalue weighted by Crippen LogP contribution is -2.26. The second kappa shape index (κ2) is 7.98. The molecular formula is C19H23N3O3. The maximum Gasteiger partial charge on any atom is 0.269 e. The summed E-state index contributed by atoms with van der Waals surface area (Å²) in [6.07, 6.45) is 1.14. The van der Waals surface area contributed by atoms with Gasteiger partial charge in [-0.2, -0.15) is 0 Å². The van der Waals surface area contributed by atoms with E-state index in [1.54, 1.807) is 19.2 Å². The predicted molar refractivity (Wildman–Crippen MR) is 98.1 cm³/mol. The fourth-order valence-corrected chi connectivity index (χ4v) is 3.24. The highest BCUT2D eigenvalue weighted by atomic mass is 16.6. The molecule has 0 amide bonds. The molecular weight excluding hydrogens is 318 g/mol. The Bertz CT molecular complexity index is 735. The van der Waals surface area contributed by atoms with Crippen LogP contribution in [-0.4, -0.2) is 31.7 Å². The lowest BCUT2D eigenvalue weighted by Gasteiger charge is -2.19. The molecule has 6 heteroatoms. The standard InChI is InChI=1S/C19H23N3O3/c1-25-19-7-3-5-17(11-19)21-9-8-16(14-21)13-20-12-15-4-2-6-18(10-15)22(23)24/h2-7,10-11,16,20H,8-9,12-14H2,1H3. The third kappa shape index (κ3) is 4.48. The van der Waals surface area contributed by atoms with Crippen LogP contribution < -0.4 is 15.0 Å². The van der Waals surface area contributed by atoms with Crippen LogP contribution in [0, 0.1) is 16.0 Å². The molecule has 1 unspecified atom stereocenters. The number of rotatable bonds is 7. The van der Waals surface area contributed by atoms with Crippen molar-refractivity contribution in [2.45, 2.75) is 13.0 Å². The summed E-state index contributed by atoms with van der Waals surface area (Å²) in [4.78, 5) is 12.8. The van der Waals surface area contributed by atoms with Crippen LogP contribution in [0.1, 0.15) is 12.0 Å². The molecule has 0 aliphatic carbocycles. The van der Waals surface area contributed by atoms with Gasteiger partial charge in [-0.05, 0) is 30.0 Å². The fourth-order valence-electron chi connectivity index (χ4n) is 3.24. The summed E-state index contributed by atoms with van der Waals surface area (Å²) >= 11 is 0. The Hall–Kier alpha value is -2.60. The van der Waals surface area contributed by atoms with E-state index in [2.05, 4.69) is 22.3 Å². The summed E-state index contributed by atoms with van der Waals surface area (Å²) in [5.41, 5.74) is 2.28. The monoisotopic (exact) mass is 341 g/mol. The predicted octanol–water partition coefficient (Wildman–Crippen LogP) is 3.22. The van der Waals surface area contributed by atoms with Crippen molar-refractivity contribution < 1.29 is 9.66 Å². The van der Waals surface area contributed by atoms with Crippen molar-refractivity contribution in [1.82, 2.24) is 5.32 Å². The quantitative estimate of drug-likeness (QED) is 0.619. The summed E-state index contributed by atoms with van der Waals surface area (Å²) in [6, 6.07) is 14.9. The van der Waals surface area contributed by atoms with Gasteiger partial charge in [-0.3, -0.25) is 10.1 Å². The molecule has 0 saturated carbocycles. The van der Waals surface area contributed by atoms with Gasteiger partial charge in [0.1, 0.15) is 5.75 Å². The van der Waals surface area contributed by atoms with E-state index in [1.807, 2.05) is 18.2 Å². The Balaban J connectivity index is 1.49. The summed E-state index contributed by atoms with van der Waals surface area (Å²) in [5.74, 6) is 1.45. The topological polar surface area (TPSA) is 67.6 Å². The molecule has 0 aromatic heterocycles. The number of non-ortho nitro benzene ring substituents is 1. The highest BCUT2D eigenvalue weighted by Crippen LogP contribution is 2.26. The number of nitro groups is 1. The van der Waals surface area contributed by atoms with Crippen LogP contribution in [0.2, 0.25) is 0 Å². The minimum absolute atomic E-state index is 0.143. The van der Waals surface area contributed by atoms with Crippen molar-refractivity contribution in [1.29, 1.82) is 0 Å². The van der Waals surface area contributed by atoms with E-state index in [4.69, 9.17) is 4.74 Å². The smallest absolute Gasteiger partial charge is 0.269 e. The Morgan fingerprint density at radius 3 is 2.92 bits per heavy atom. The maximum atomic E-state index is 10.8. The number of benzene rings is 2. The molecule has 0 bridgehead atoms. The highest BCUT2D eigenvalue weighted by Gasteiger charge is 2.22. The molecule has 1 fully saturated rings. The molecule has 6 nitrogen and oxygen atoms in total. The van der Waals surface area contributed by atoms with E-state index in [0.717, 1.165) is 37.4 Å². The van der Waals surface area contributed by atoms with E-state index in [0.29, 0.717) is 12.5 Å². The van der Waals surface area contributed by atoms with Gasteiger partial charge in [-0.25, -0.2) is 0 Å². The fraction of sp³-hybridized carbons (Fsp3) is 0.368. The molecule has 1 N–H and O–H groups in total. The minimum Gasteiger partial charge on any atom is -0.497 e. The Kier molecular flexibility index (Phi) is 5.50. The van der Waals surface area contributed by atoms with E-state index >= 15 is 0 Å². The van der Waals surface area contributed by atoms with Gasteiger partial charge in [0.2, 0.25) is 0 Å². The van der Waals surface area contributed by atoms with Crippen LogP contribution in [-0.2, 0) is 6.54 Å². The number of anilines is 1. The van der Waals surface area contributed by atoms with Gasteiger partial charge in [-0.1, -0.05) is 18.2 Å². The van der Waals surface area contributed by atoms with E-state index in [-0.39, 0.29) is 10.6 Å². The first-order valence-electron chi connectivity index (χ1n) is 8.49. The van der Waals surface area contributed by atoms with Crippen LogP contribution in [0.4, 0.5) is 11.4 Å². The third-order valence-corrected chi connectivity index (χ3v) is 4.59. The number of methoxy groups -OCH3 is 1. The van der Waals surface area contributed by atoms with Gasteiger partial charge in [0.25, 0.3) is 5.69 Å². The van der Waals surface area contributed by atoms with E-state index < -0.39 is 0 Å². The summed E-state index contributed by atoms with van der Waals surface area (Å²) in [6.45, 7) is 3.60. The van der Waals surface area contributed by atoms with Crippen molar-refractivity contribution in [3.05, 3.63) is 64.2 Å². The van der Waals surface area contributed by atoms with E-state index in [9.17, 15) is 10.1 Å². The summed E-state index contributed by atoms with van der Waals surface area (Å²) in [5, 5.41) is 14.3. The zero-order valence-electron chi connectivity index (χ0n) is 14.4. The molecule has 2 aromatic carbocycles. The second-order valence-electron chi connectivity index (χ2n) is 6.36. The highest BCUT2D eigenvalue weighted by molar-refractivity contribution is 5.51. The summed E-state index contributed by atoms with van der Waals surface area (Å²) < 4.78 is 5.29. The largest absolute Gasteiger partial charge is 0.497 e. The van der Waals surface area contributed by atoms with Gasteiger partial charge in [0, 0.05) is 50.1 Å². The molecule has 1 heterocycles.